The van der Waals surface area contributed by atoms with Crippen LogP contribution in [0.15, 0.2) is 24.3 Å². The highest BCUT2D eigenvalue weighted by molar-refractivity contribution is 5.98. The lowest BCUT2D eigenvalue weighted by molar-refractivity contribution is -0.125. The Balaban J connectivity index is 1.86. The molecule has 21 heavy (non-hydrogen) atoms. The number of anilines is 1. The van der Waals surface area contributed by atoms with E-state index in [1.54, 1.807) is 24.3 Å². The number of hydrogen-bond acceptors (Lipinski definition) is 3. The molecule has 0 unspecified atom stereocenters. The van der Waals surface area contributed by atoms with Crippen LogP contribution >= 0.6 is 0 Å². The second kappa shape index (κ2) is 6.88. The van der Waals surface area contributed by atoms with E-state index in [1.165, 1.54) is 0 Å². The van der Waals surface area contributed by atoms with E-state index in [4.69, 9.17) is 0 Å². The molecule has 6 heteroatoms. The maximum Gasteiger partial charge on any atom is 0.251 e. The minimum absolute atomic E-state index is 0.0548. The van der Waals surface area contributed by atoms with Gasteiger partial charge in [0.15, 0.2) is 0 Å². The molecule has 0 saturated heterocycles. The molecule has 112 valence electrons. The summed E-state index contributed by atoms with van der Waals surface area (Å²) < 4.78 is 0. The molecule has 0 radical (unpaired) electrons. The average molecular weight is 289 g/mol. The van der Waals surface area contributed by atoms with Crippen molar-refractivity contribution in [2.24, 2.45) is 5.92 Å². The molecule has 1 aliphatic carbocycles. The zero-order valence-corrected chi connectivity index (χ0v) is 11.9. The Kier molecular flexibility index (Phi) is 4.92. The maximum atomic E-state index is 11.7. The van der Waals surface area contributed by atoms with Crippen LogP contribution in [0.4, 0.5) is 5.69 Å². The van der Waals surface area contributed by atoms with E-state index in [0.29, 0.717) is 17.8 Å². The van der Waals surface area contributed by atoms with E-state index in [1.807, 2.05) is 6.92 Å². The molecule has 0 atom stereocenters. The number of benzene rings is 1. The number of carbonyl (C=O) groups excluding carboxylic acids is 3. The molecule has 0 bridgehead atoms. The number of carbonyl (C=O) groups is 3. The molecule has 1 aromatic rings. The molecule has 1 aliphatic rings. The summed E-state index contributed by atoms with van der Waals surface area (Å²) in [7, 11) is 0. The first-order valence-corrected chi connectivity index (χ1v) is 7.06. The SMILES string of the molecule is CCNC(=O)c1cccc(NC(=O)CNC(=O)C2CC2)c1. The van der Waals surface area contributed by atoms with Crippen LogP contribution < -0.4 is 16.0 Å². The quantitative estimate of drug-likeness (QED) is 0.727. The topological polar surface area (TPSA) is 87.3 Å². The lowest BCUT2D eigenvalue weighted by atomic mass is 10.2. The molecule has 3 N–H and O–H groups in total. The molecule has 1 saturated carbocycles. The molecule has 1 fully saturated rings. The van der Waals surface area contributed by atoms with Crippen molar-refractivity contribution in [3.05, 3.63) is 29.8 Å². The number of rotatable bonds is 6. The molecule has 0 spiro atoms. The van der Waals surface area contributed by atoms with Crippen LogP contribution in [0.3, 0.4) is 0 Å². The standard InChI is InChI=1S/C15H19N3O3/c1-2-16-15(21)11-4-3-5-12(8-11)18-13(19)9-17-14(20)10-6-7-10/h3-5,8,10H,2,6-7,9H2,1H3,(H,16,21)(H,17,20)(H,18,19). The first kappa shape index (κ1) is 15.0. The van der Waals surface area contributed by atoms with Gasteiger partial charge in [-0.05, 0) is 38.0 Å². The Morgan fingerprint density at radius 2 is 1.95 bits per heavy atom. The zero-order chi connectivity index (χ0) is 15.2. The van der Waals surface area contributed by atoms with Crippen LogP contribution in [0.5, 0.6) is 0 Å². The summed E-state index contributed by atoms with van der Waals surface area (Å²) in [5.41, 5.74) is 1.01. The van der Waals surface area contributed by atoms with Crippen molar-refractivity contribution in [1.82, 2.24) is 10.6 Å². The van der Waals surface area contributed by atoms with Gasteiger partial charge in [-0.1, -0.05) is 6.07 Å². The molecule has 3 amide bonds. The molecular formula is C15H19N3O3. The molecule has 0 aromatic heterocycles. The van der Waals surface area contributed by atoms with Gasteiger partial charge in [0.25, 0.3) is 5.91 Å². The number of hydrogen-bond donors (Lipinski definition) is 3. The van der Waals surface area contributed by atoms with Gasteiger partial charge < -0.3 is 16.0 Å². The highest BCUT2D eigenvalue weighted by Crippen LogP contribution is 2.28. The third-order valence-electron chi connectivity index (χ3n) is 3.12. The van der Waals surface area contributed by atoms with Gasteiger partial charge in [0.2, 0.25) is 11.8 Å². The predicted octanol–water partition coefficient (Wildman–Crippen LogP) is 0.901. The number of amides is 3. The van der Waals surface area contributed by atoms with Gasteiger partial charge in [0, 0.05) is 23.7 Å². The molecule has 0 heterocycles. The van der Waals surface area contributed by atoms with E-state index in [2.05, 4.69) is 16.0 Å². The Labute approximate surface area is 123 Å². The second-order valence-electron chi connectivity index (χ2n) is 4.98. The monoisotopic (exact) mass is 289 g/mol. The highest BCUT2D eigenvalue weighted by atomic mass is 16.2. The van der Waals surface area contributed by atoms with Crippen LogP contribution in [0, 0.1) is 5.92 Å². The molecule has 0 aliphatic heterocycles. The van der Waals surface area contributed by atoms with Gasteiger partial charge in [0.05, 0.1) is 6.54 Å². The van der Waals surface area contributed by atoms with Crippen LogP contribution in [0.1, 0.15) is 30.1 Å². The Morgan fingerprint density at radius 1 is 1.19 bits per heavy atom. The van der Waals surface area contributed by atoms with E-state index in [9.17, 15) is 14.4 Å². The smallest absolute Gasteiger partial charge is 0.251 e. The van der Waals surface area contributed by atoms with Gasteiger partial charge in [-0.25, -0.2) is 0 Å². The minimum Gasteiger partial charge on any atom is -0.352 e. The maximum absolute atomic E-state index is 11.7. The highest BCUT2D eigenvalue weighted by Gasteiger charge is 2.29. The van der Waals surface area contributed by atoms with Crippen molar-refractivity contribution in [1.29, 1.82) is 0 Å². The van der Waals surface area contributed by atoms with Crippen molar-refractivity contribution in [2.75, 3.05) is 18.4 Å². The summed E-state index contributed by atoms with van der Waals surface area (Å²) in [5.74, 6) is -0.479. The van der Waals surface area contributed by atoms with Crippen LogP contribution in [0.25, 0.3) is 0 Å². The Bertz CT molecular complexity index is 553. The molecule has 1 aromatic carbocycles. The molecule has 2 rings (SSSR count). The summed E-state index contributed by atoms with van der Waals surface area (Å²) in [6.45, 7) is 2.33. The average Bonchev–Trinajstić information content (AvgIpc) is 3.30. The Hall–Kier alpha value is -2.37. The fourth-order valence-corrected chi connectivity index (χ4v) is 1.86. The van der Waals surface area contributed by atoms with Crippen molar-refractivity contribution in [2.45, 2.75) is 19.8 Å². The lowest BCUT2D eigenvalue weighted by Crippen LogP contribution is -2.33. The summed E-state index contributed by atoms with van der Waals surface area (Å²) in [6.07, 6.45) is 1.81. The first-order valence-electron chi connectivity index (χ1n) is 7.06. The van der Waals surface area contributed by atoms with Gasteiger partial charge in [0.1, 0.15) is 0 Å². The predicted molar refractivity (Wildman–Crippen MR) is 78.8 cm³/mol. The number of nitrogens with one attached hydrogen (secondary N) is 3. The lowest BCUT2D eigenvalue weighted by Gasteiger charge is -2.08. The zero-order valence-electron chi connectivity index (χ0n) is 11.9. The third-order valence-corrected chi connectivity index (χ3v) is 3.12. The van der Waals surface area contributed by atoms with Crippen LogP contribution in [-0.2, 0) is 9.59 Å². The third kappa shape index (κ3) is 4.59. The van der Waals surface area contributed by atoms with Gasteiger partial charge in [-0.15, -0.1) is 0 Å². The van der Waals surface area contributed by atoms with Crippen molar-refractivity contribution in [3.8, 4) is 0 Å². The van der Waals surface area contributed by atoms with Crippen LogP contribution in [-0.4, -0.2) is 30.8 Å². The summed E-state index contributed by atoms with van der Waals surface area (Å²) in [6, 6.07) is 6.67. The van der Waals surface area contributed by atoms with Crippen molar-refractivity contribution < 1.29 is 14.4 Å². The molecule has 6 nitrogen and oxygen atoms in total. The Morgan fingerprint density at radius 3 is 2.62 bits per heavy atom. The van der Waals surface area contributed by atoms with Gasteiger partial charge in [-0.2, -0.15) is 0 Å². The van der Waals surface area contributed by atoms with Crippen molar-refractivity contribution in [3.63, 3.8) is 0 Å². The van der Waals surface area contributed by atoms with Crippen LogP contribution in [0.2, 0.25) is 0 Å². The molecular weight excluding hydrogens is 270 g/mol. The van der Waals surface area contributed by atoms with E-state index in [-0.39, 0.29) is 30.2 Å². The summed E-state index contributed by atoms with van der Waals surface area (Å²) in [4.78, 5) is 34.9. The first-order chi connectivity index (χ1) is 10.1. The van der Waals surface area contributed by atoms with E-state index in [0.717, 1.165) is 12.8 Å². The summed E-state index contributed by atoms with van der Waals surface area (Å²) >= 11 is 0. The van der Waals surface area contributed by atoms with E-state index >= 15 is 0 Å². The summed E-state index contributed by atoms with van der Waals surface area (Å²) in [5, 5.41) is 7.95. The normalized spacial score (nSPS) is 13.4. The van der Waals surface area contributed by atoms with E-state index < -0.39 is 0 Å². The minimum atomic E-state index is -0.308. The largest absolute Gasteiger partial charge is 0.352 e. The fraction of sp³-hybridized carbons (Fsp3) is 0.400. The second-order valence-corrected chi connectivity index (χ2v) is 4.98. The van der Waals surface area contributed by atoms with Gasteiger partial charge >= 0.3 is 0 Å². The van der Waals surface area contributed by atoms with Crippen molar-refractivity contribution >= 4 is 23.4 Å². The van der Waals surface area contributed by atoms with Gasteiger partial charge in [-0.3, -0.25) is 14.4 Å². The fourth-order valence-electron chi connectivity index (χ4n) is 1.86.